The minimum atomic E-state index is -0.791. The van der Waals surface area contributed by atoms with E-state index in [2.05, 4.69) is 41.5 Å². The van der Waals surface area contributed by atoms with Gasteiger partial charge in [-0.2, -0.15) is 0 Å². The van der Waals surface area contributed by atoms with Crippen LogP contribution in [0.1, 0.15) is 54.9 Å². The van der Waals surface area contributed by atoms with Gasteiger partial charge in [-0.25, -0.2) is 0 Å². The van der Waals surface area contributed by atoms with Gasteiger partial charge in [0.15, 0.2) is 0 Å². The molecule has 0 aromatic heterocycles. The zero-order chi connectivity index (χ0) is 14.0. The molecule has 1 N–H and O–H groups in total. The van der Waals surface area contributed by atoms with Crippen LogP contribution >= 0.6 is 0 Å². The van der Waals surface area contributed by atoms with E-state index in [0.717, 1.165) is 0 Å². The van der Waals surface area contributed by atoms with E-state index >= 15 is 0 Å². The van der Waals surface area contributed by atoms with Gasteiger partial charge in [-0.05, 0) is 38.6 Å². The van der Waals surface area contributed by atoms with Gasteiger partial charge in [0.1, 0.15) is 5.54 Å². The molecule has 0 rings (SSSR count). The number of rotatable bonds is 5. The van der Waals surface area contributed by atoms with Crippen molar-refractivity contribution in [3.05, 3.63) is 0 Å². The van der Waals surface area contributed by atoms with E-state index in [0.29, 0.717) is 12.3 Å². The highest BCUT2D eigenvalue weighted by Crippen LogP contribution is 2.31. The smallest absolute Gasteiger partial charge is 0.323 e. The van der Waals surface area contributed by atoms with Crippen LogP contribution in [0.3, 0.4) is 0 Å². The van der Waals surface area contributed by atoms with Crippen molar-refractivity contribution >= 4 is 5.97 Å². The van der Waals surface area contributed by atoms with Gasteiger partial charge >= 0.3 is 5.97 Å². The van der Waals surface area contributed by atoms with E-state index in [1.807, 2.05) is 18.9 Å². The second kappa shape index (κ2) is 5.38. The molecule has 0 saturated heterocycles. The lowest BCUT2D eigenvalue weighted by Gasteiger charge is -2.45. The normalized spacial score (nSPS) is 18.2. The lowest BCUT2D eigenvalue weighted by atomic mass is 9.81. The quantitative estimate of drug-likeness (QED) is 0.806. The average Bonchev–Trinajstić information content (AvgIpc) is 2.12. The fourth-order valence-electron chi connectivity index (χ4n) is 2.19. The van der Waals surface area contributed by atoms with Crippen molar-refractivity contribution in [1.29, 1.82) is 0 Å². The standard InChI is InChI=1S/C14H29NO2/c1-10(2)9-14(7,12(16)17)15(8)11(3)13(4,5)6/h10-11H,9H2,1-8H3,(H,16,17). The van der Waals surface area contributed by atoms with E-state index < -0.39 is 11.5 Å². The third kappa shape index (κ3) is 3.98. The average molecular weight is 243 g/mol. The molecule has 2 atom stereocenters. The lowest BCUT2D eigenvalue weighted by molar-refractivity contribution is -0.153. The number of nitrogens with zero attached hydrogens (tertiary/aromatic N) is 1. The van der Waals surface area contributed by atoms with Gasteiger partial charge < -0.3 is 5.11 Å². The number of carbonyl (C=O) groups is 1. The maximum atomic E-state index is 11.6. The Hall–Kier alpha value is -0.570. The van der Waals surface area contributed by atoms with Crippen molar-refractivity contribution in [2.24, 2.45) is 11.3 Å². The molecule has 2 unspecified atom stereocenters. The number of hydrogen-bond donors (Lipinski definition) is 1. The number of carboxylic acids is 1. The second-order valence-corrected chi connectivity index (χ2v) is 6.83. The summed E-state index contributed by atoms with van der Waals surface area (Å²) in [5.74, 6) is -0.365. The lowest BCUT2D eigenvalue weighted by Crippen LogP contribution is -2.57. The van der Waals surface area contributed by atoms with Gasteiger partial charge in [0.2, 0.25) is 0 Å². The summed E-state index contributed by atoms with van der Waals surface area (Å²) < 4.78 is 0. The maximum absolute atomic E-state index is 11.6. The molecule has 17 heavy (non-hydrogen) atoms. The molecule has 0 aliphatic carbocycles. The minimum absolute atomic E-state index is 0.0719. The molecule has 0 heterocycles. The molecule has 0 spiro atoms. The Balaban J connectivity index is 5.14. The van der Waals surface area contributed by atoms with E-state index in [9.17, 15) is 9.90 Å². The van der Waals surface area contributed by atoms with Crippen LogP contribution in [0.4, 0.5) is 0 Å². The van der Waals surface area contributed by atoms with Gasteiger partial charge in [0.25, 0.3) is 0 Å². The Labute approximate surface area is 106 Å². The molecular formula is C14H29NO2. The first-order chi connectivity index (χ1) is 7.43. The fourth-order valence-corrected chi connectivity index (χ4v) is 2.19. The molecule has 0 amide bonds. The maximum Gasteiger partial charge on any atom is 0.323 e. The molecule has 3 nitrogen and oxygen atoms in total. The Morgan fingerprint density at radius 2 is 1.59 bits per heavy atom. The fraction of sp³-hybridized carbons (Fsp3) is 0.929. The first-order valence-corrected chi connectivity index (χ1v) is 6.39. The van der Waals surface area contributed by atoms with Gasteiger partial charge in [-0.3, -0.25) is 9.69 Å². The van der Waals surface area contributed by atoms with Crippen LogP contribution in [0.15, 0.2) is 0 Å². The highest BCUT2D eigenvalue weighted by Gasteiger charge is 2.42. The minimum Gasteiger partial charge on any atom is -0.480 e. The van der Waals surface area contributed by atoms with E-state index in [-0.39, 0.29) is 11.5 Å². The van der Waals surface area contributed by atoms with Crippen molar-refractivity contribution in [3.8, 4) is 0 Å². The Morgan fingerprint density at radius 3 is 1.82 bits per heavy atom. The van der Waals surface area contributed by atoms with E-state index in [1.54, 1.807) is 0 Å². The molecule has 0 aliphatic heterocycles. The van der Waals surface area contributed by atoms with Crippen molar-refractivity contribution in [2.75, 3.05) is 7.05 Å². The SMILES string of the molecule is CC(C)CC(C)(C(=O)O)N(C)C(C)C(C)(C)C. The van der Waals surface area contributed by atoms with Gasteiger partial charge in [-0.1, -0.05) is 34.6 Å². The summed E-state index contributed by atoms with van der Waals surface area (Å²) in [6.07, 6.45) is 0.666. The van der Waals surface area contributed by atoms with Crippen LogP contribution in [-0.4, -0.2) is 34.6 Å². The highest BCUT2D eigenvalue weighted by atomic mass is 16.4. The summed E-state index contributed by atoms with van der Waals surface area (Å²) in [7, 11) is 1.92. The monoisotopic (exact) mass is 243 g/mol. The zero-order valence-electron chi connectivity index (χ0n) is 12.7. The van der Waals surface area contributed by atoms with E-state index in [4.69, 9.17) is 0 Å². The van der Waals surface area contributed by atoms with Crippen LogP contribution in [0.2, 0.25) is 0 Å². The molecule has 102 valence electrons. The Morgan fingerprint density at radius 1 is 1.18 bits per heavy atom. The largest absolute Gasteiger partial charge is 0.480 e. The van der Waals surface area contributed by atoms with Crippen molar-refractivity contribution in [2.45, 2.75) is 66.5 Å². The summed E-state index contributed by atoms with van der Waals surface area (Å²) in [5, 5.41) is 9.52. The Bertz CT molecular complexity index is 268. The predicted octanol–water partition coefficient (Wildman–Crippen LogP) is 3.24. The number of hydrogen-bond acceptors (Lipinski definition) is 2. The molecule has 0 bridgehead atoms. The predicted molar refractivity (Wildman–Crippen MR) is 72.2 cm³/mol. The molecule has 0 radical (unpaired) electrons. The third-order valence-corrected chi connectivity index (χ3v) is 3.88. The number of likely N-dealkylation sites (N-methyl/N-ethyl adjacent to an activating group) is 1. The molecule has 0 fully saturated rings. The van der Waals surface area contributed by atoms with Crippen molar-refractivity contribution in [1.82, 2.24) is 4.90 Å². The van der Waals surface area contributed by atoms with Crippen molar-refractivity contribution in [3.63, 3.8) is 0 Å². The zero-order valence-corrected chi connectivity index (χ0v) is 12.7. The molecule has 0 saturated carbocycles. The molecule has 3 heteroatoms. The Kier molecular flexibility index (Phi) is 5.20. The van der Waals surface area contributed by atoms with Gasteiger partial charge in [0.05, 0.1) is 0 Å². The highest BCUT2D eigenvalue weighted by molar-refractivity contribution is 5.78. The summed E-state index contributed by atoms with van der Waals surface area (Å²) >= 11 is 0. The van der Waals surface area contributed by atoms with Gasteiger partial charge in [0, 0.05) is 6.04 Å². The van der Waals surface area contributed by atoms with Crippen molar-refractivity contribution < 1.29 is 9.90 Å². The molecule has 0 aliphatic rings. The van der Waals surface area contributed by atoms with Crippen LogP contribution in [-0.2, 0) is 4.79 Å². The number of carboxylic acid groups (broad SMARTS) is 1. The summed E-state index contributed by atoms with van der Waals surface area (Å²) in [6, 6.07) is 0.211. The first kappa shape index (κ1) is 16.4. The van der Waals surface area contributed by atoms with Crippen LogP contribution in [0, 0.1) is 11.3 Å². The third-order valence-electron chi connectivity index (χ3n) is 3.88. The van der Waals surface area contributed by atoms with Crippen LogP contribution in [0.5, 0.6) is 0 Å². The van der Waals surface area contributed by atoms with Crippen LogP contribution in [0.25, 0.3) is 0 Å². The molecule has 0 aromatic rings. The topological polar surface area (TPSA) is 40.5 Å². The second-order valence-electron chi connectivity index (χ2n) is 6.83. The van der Waals surface area contributed by atoms with Gasteiger partial charge in [-0.15, -0.1) is 0 Å². The van der Waals surface area contributed by atoms with E-state index in [1.165, 1.54) is 0 Å². The van der Waals surface area contributed by atoms with Crippen LogP contribution < -0.4 is 0 Å². The summed E-state index contributed by atoms with van der Waals surface area (Å²) in [5.41, 5.74) is -0.719. The summed E-state index contributed by atoms with van der Waals surface area (Å²) in [6.45, 7) is 14.5. The summed E-state index contributed by atoms with van der Waals surface area (Å²) in [4.78, 5) is 13.6. The first-order valence-electron chi connectivity index (χ1n) is 6.39. The number of aliphatic carboxylic acids is 1. The molecule has 0 aromatic carbocycles. The molecular weight excluding hydrogens is 214 g/mol.